The highest BCUT2D eigenvalue weighted by Crippen LogP contribution is 2.31. The molecule has 1 heterocycles. The van der Waals surface area contributed by atoms with Gasteiger partial charge in [0.05, 0.1) is 6.20 Å². The molecule has 0 aromatic carbocycles. The van der Waals surface area contributed by atoms with Crippen LogP contribution in [0.2, 0.25) is 0 Å². The minimum absolute atomic E-state index is 0.0989. The average molecular weight is 195 g/mol. The van der Waals surface area contributed by atoms with E-state index in [9.17, 15) is 9.70 Å². The van der Waals surface area contributed by atoms with Crippen molar-refractivity contribution in [3.8, 4) is 0 Å². The van der Waals surface area contributed by atoms with E-state index >= 15 is 0 Å². The van der Waals surface area contributed by atoms with Crippen LogP contribution in [0.15, 0.2) is 11.4 Å². The van der Waals surface area contributed by atoms with Gasteiger partial charge in [-0.1, -0.05) is 0 Å². The molecular formula is C8H9N3O3. The van der Waals surface area contributed by atoms with Gasteiger partial charge in [0, 0.05) is 6.54 Å². The minimum atomic E-state index is -1.21. The van der Waals surface area contributed by atoms with Crippen molar-refractivity contribution in [2.24, 2.45) is 11.1 Å². The summed E-state index contributed by atoms with van der Waals surface area (Å²) in [5.74, 6) is -0.634. The Labute approximate surface area is 79.5 Å². The second-order valence-corrected chi connectivity index (χ2v) is 3.42. The first-order valence-electron chi connectivity index (χ1n) is 4.35. The van der Waals surface area contributed by atoms with E-state index in [4.69, 9.17) is 5.11 Å². The van der Waals surface area contributed by atoms with Gasteiger partial charge in [0.15, 0.2) is 11.4 Å². The van der Waals surface area contributed by atoms with Crippen molar-refractivity contribution < 1.29 is 9.90 Å². The monoisotopic (exact) mass is 195 g/mol. The Morgan fingerprint density at radius 1 is 1.71 bits per heavy atom. The topological polar surface area (TPSA) is 84.5 Å². The largest absolute Gasteiger partial charge is 0.476 e. The first kappa shape index (κ1) is 8.86. The highest BCUT2D eigenvalue weighted by atomic mass is 16.4. The van der Waals surface area contributed by atoms with Gasteiger partial charge >= 0.3 is 5.97 Å². The van der Waals surface area contributed by atoms with Crippen LogP contribution in [-0.2, 0) is 6.54 Å². The van der Waals surface area contributed by atoms with Gasteiger partial charge < -0.3 is 5.11 Å². The summed E-state index contributed by atoms with van der Waals surface area (Å²) in [5, 5.41) is 15.1. The van der Waals surface area contributed by atoms with Gasteiger partial charge in [0.25, 0.3) is 0 Å². The van der Waals surface area contributed by atoms with Crippen LogP contribution in [0.3, 0.4) is 0 Å². The van der Waals surface area contributed by atoms with Crippen LogP contribution in [0.5, 0.6) is 0 Å². The van der Waals surface area contributed by atoms with Gasteiger partial charge in [0.1, 0.15) is 0 Å². The Morgan fingerprint density at radius 2 is 2.43 bits per heavy atom. The molecule has 1 aliphatic carbocycles. The van der Waals surface area contributed by atoms with Gasteiger partial charge in [-0.2, -0.15) is 5.10 Å². The summed E-state index contributed by atoms with van der Waals surface area (Å²) in [6, 6.07) is 0. The van der Waals surface area contributed by atoms with Gasteiger partial charge in [-0.3, -0.25) is 4.68 Å². The van der Waals surface area contributed by atoms with Crippen molar-refractivity contribution in [1.29, 1.82) is 0 Å². The fourth-order valence-electron chi connectivity index (χ4n) is 1.29. The van der Waals surface area contributed by atoms with E-state index in [1.807, 2.05) is 0 Å². The zero-order chi connectivity index (χ0) is 10.1. The smallest absolute Gasteiger partial charge is 0.358 e. The molecule has 1 aliphatic rings. The molecule has 0 amide bonds. The van der Waals surface area contributed by atoms with Crippen LogP contribution >= 0.6 is 0 Å². The van der Waals surface area contributed by atoms with Gasteiger partial charge in [-0.05, 0) is 23.9 Å². The zero-order valence-corrected chi connectivity index (χ0v) is 7.38. The Hall–Kier alpha value is -1.72. The first-order valence-corrected chi connectivity index (χ1v) is 4.35. The molecule has 1 aromatic rings. The summed E-state index contributed by atoms with van der Waals surface area (Å²) in [6.45, 7) is 0.676. The lowest BCUT2D eigenvalue weighted by Crippen LogP contribution is -2.03. The summed E-state index contributed by atoms with van der Waals surface area (Å²) in [5.41, 5.74) is -0.362. The van der Waals surface area contributed by atoms with Crippen LogP contribution in [0.25, 0.3) is 0 Å². The number of carboxylic acid groups (broad SMARTS) is 1. The third-order valence-corrected chi connectivity index (χ3v) is 2.19. The highest BCUT2D eigenvalue weighted by Gasteiger charge is 2.24. The Balaban J connectivity index is 2.24. The summed E-state index contributed by atoms with van der Waals surface area (Å²) in [4.78, 5) is 20.9. The molecule has 6 heteroatoms. The molecule has 0 unspecified atom stereocenters. The molecule has 0 atom stereocenters. The van der Waals surface area contributed by atoms with E-state index < -0.39 is 5.97 Å². The number of hydrogen-bond donors (Lipinski definition) is 1. The molecule has 1 aromatic heterocycles. The molecule has 1 N–H and O–H groups in total. The molecule has 2 rings (SSSR count). The maximum atomic E-state index is 10.6. The summed E-state index contributed by atoms with van der Waals surface area (Å²) < 4.78 is 1.48. The molecule has 6 nitrogen and oxygen atoms in total. The van der Waals surface area contributed by atoms with Gasteiger partial charge in [-0.15, -0.1) is 4.91 Å². The van der Waals surface area contributed by atoms with Crippen molar-refractivity contribution in [1.82, 2.24) is 9.78 Å². The van der Waals surface area contributed by atoms with Crippen molar-refractivity contribution in [3.63, 3.8) is 0 Å². The fourth-order valence-corrected chi connectivity index (χ4v) is 1.29. The van der Waals surface area contributed by atoms with Gasteiger partial charge in [0.2, 0.25) is 0 Å². The molecule has 0 spiro atoms. The third-order valence-electron chi connectivity index (χ3n) is 2.19. The average Bonchev–Trinajstić information content (AvgIpc) is 2.83. The van der Waals surface area contributed by atoms with Crippen molar-refractivity contribution in [2.45, 2.75) is 19.4 Å². The number of aromatic nitrogens is 2. The van der Waals surface area contributed by atoms with Crippen LogP contribution in [0.4, 0.5) is 5.69 Å². The molecule has 74 valence electrons. The number of aromatic carboxylic acids is 1. The third kappa shape index (κ3) is 1.63. The summed E-state index contributed by atoms with van der Waals surface area (Å²) >= 11 is 0. The summed E-state index contributed by atoms with van der Waals surface area (Å²) in [6.07, 6.45) is 3.67. The predicted molar refractivity (Wildman–Crippen MR) is 47.4 cm³/mol. The fraction of sp³-hybridized carbons (Fsp3) is 0.500. The molecule has 0 bridgehead atoms. The Kier molecular flexibility index (Phi) is 2.03. The van der Waals surface area contributed by atoms with E-state index in [2.05, 4.69) is 10.3 Å². The van der Waals surface area contributed by atoms with Crippen molar-refractivity contribution in [3.05, 3.63) is 16.8 Å². The summed E-state index contributed by atoms with van der Waals surface area (Å²) in [7, 11) is 0. The number of carbonyl (C=O) groups is 1. The van der Waals surface area contributed by atoms with Crippen LogP contribution < -0.4 is 0 Å². The molecule has 1 fully saturated rings. The van der Waals surface area contributed by atoms with E-state index in [-0.39, 0.29) is 11.4 Å². The Morgan fingerprint density at radius 3 is 2.86 bits per heavy atom. The number of carboxylic acids is 1. The molecule has 0 aliphatic heterocycles. The maximum Gasteiger partial charge on any atom is 0.358 e. The lowest BCUT2D eigenvalue weighted by molar-refractivity contribution is 0.0690. The number of nitroso groups, excluding NO2 is 1. The molecule has 14 heavy (non-hydrogen) atoms. The highest BCUT2D eigenvalue weighted by molar-refractivity contribution is 5.90. The number of hydrogen-bond acceptors (Lipinski definition) is 4. The van der Waals surface area contributed by atoms with Crippen molar-refractivity contribution in [2.75, 3.05) is 0 Å². The molecule has 1 saturated carbocycles. The predicted octanol–water partition coefficient (Wildman–Crippen LogP) is 1.39. The lowest BCUT2D eigenvalue weighted by Gasteiger charge is -1.95. The SMILES string of the molecule is O=Nc1cn(CC2CC2)nc1C(=O)O. The van der Waals surface area contributed by atoms with E-state index in [0.717, 1.165) is 12.8 Å². The second-order valence-electron chi connectivity index (χ2n) is 3.42. The van der Waals surface area contributed by atoms with Crippen LogP contribution in [-0.4, -0.2) is 20.9 Å². The van der Waals surface area contributed by atoms with E-state index in [1.165, 1.54) is 10.9 Å². The van der Waals surface area contributed by atoms with E-state index in [0.29, 0.717) is 12.5 Å². The molecule has 0 radical (unpaired) electrons. The van der Waals surface area contributed by atoms with Gasteiger partial charge in [-0.25, -0.2) is 4.79 Å². The lowest BCUT2D eigenvalue weighted by atomic mass is 10.4. The van der Waals surface area contributed by atoms with Crippen LogP contribution in [0, 0.1) is 10.8 Å². The number of nitrogens with zero attached hydrogens (tertiary/aromatic N) is 3. The zero-order valence-electron chi connectivity index (χ0n) is 7.38. The van der Waals surface area contributed by atoms with E-state index in [1.54, 1.807) is 0 Å². The normalized spacial score (nSPS) is 15.4. The van der Waals surface area contributed by atoms with Crippen molar-refractivity contribution >= 4 is 11.7 Å². The second kappa shape index (κ2) is 3.21. The maximum absolute atomic E-state index is 10.6. The quantitative estimate of drug-likeness (QED) is 0.735. The number of rotatable bonds is 4. The first-order chi connectivity index (χ1) is 6.70. The molecule has 0 saturated heterocycles. The van der Waals surface area contributed by atoms with Crippen LogP contribution in [0.1, 0.15) is 23.3 Å². The minimum Gasteiger partial charge on any atom is -0.476 e. The Bertz CT molecular complexity index is 381. The molecular weight excluding hydrogens is 186 g/mol. The standard InChI is InChI=1S/C8H9N3O3/c12-8(13)7-6(10-14)4-11(9-7)3-5-1-2-5/h4-5H,1-3H2,(H,12,13).